The van der Waals surface area contributed by atoms with Gasteiger partial charge in [-0.2, -0.15) is 5.26 Å². The second kappa shape index (κ2) is 11.2. The van der Waals surface area contributed by atoms with Gasteiger partial charge >= 0.3 is 0 Å². The Morgan fingerprint density at radius 2 is 1.90 bits per heavy atom. The zero-order valence-corrected chi connectivity index (χ0v) is 21.5. The van der Waals surface area contributed by atoms with Crippen LogP contribution in [0.25, 0.3) is 0 Å². The van der Waals surface area contributed by atoms with E-state index in [-0.39, 0.29) is 30.1 Å². The van der Waals surface area contributed by atoms with Gasteiger partial charge in [-0.05, 0) is 42.0 Å². The van der Waals surface area contributed by atoms with Crippen molar-refractivity contribution in [3.63, 3.8) is 0 Å². The summed E-state index contributed by atoms with van der Waals surface area (Å²) in [5.41, 5.74) is 2.17. The second-order valence-corrected chi connectivity index (χ2v) is 9.04. The fraction of sp³-hybridized carbons (Fsp3) is 0.286. The van der Waals surface area contributed by atoms with Crippen LogP contribution >= 0.6 is 0 Å². The highest BCUT2D eigenvalue weighted by atomic mass is 16.5. The molecule has 2 amide bonds. The zero-order chi connectivity index (χ0) is 27.4. The van der Waals surface area contributed by atoms with Crippen molar-refractivity contribution in [1.82, 2.24) is 15.6 Å². The monoisotopic (exact) mass is 529 g/mol. The highest BCUT2D eigenvalue weighted by Gasteiger charge is 2.37. The third-order valence-electron chi connectivity index (χ3n) is 6.61. The first-order chi connectivity index (χ1) is 19.0. The molecule has 11 nitrogen and oxygen atoms in total. The maximum absolute atomic E-state index is 13.4. The molecule has 0 spiro atoms. The zero-order valence-electron chi connectivity index (χ0n) is 21.5. The number of nitrogens with one attached hydrogen (secondary N) is 2. The Morgan fingerprint density at radius 3 is 2.64 bits per heavy atom. The Hall–Kier alpha value is -4.98. The summed E-state index contributed by atoms with van der Waals surface area (Å²) >= 11 is 0. The highest BCUT2D eigenvalue weighted by Crippen LogP contribution is 2.32. The molecule has 3 aliphatic rings. The van der Waals surface area contributed by atoms with Crippen molar-refractivity contribution in [2.45, 2.75) is 18.7 Å². The fourth-order valence-corrected chi connectivity index (χ4v) is 4.62. The van der Waals surface area contributed by atoms with E-state index in [0.29, 0.717) is 47.9 Å². The number of aromatic nitrogens is 1. The number of hydrogen-bond acceptors (Lipinski definition) is 9. The Bertz CT molecular complexity index is 1420. The molecule has 2 atom stereocenters. The van der Waals surface area contributed by atoms with E-state index < -0.39 is 12.1 Å². The molecule has 11 heteroatoms. The van der Waals surface area contributed by atoms with E-state index in [1.807, 2.05) is 29.2 Å². The molecule has 0 aliphatic carbocycles. The van der Waals surface area contributed by atoms with Crippen molar-refractivity contribution >= 4 is 17.5 Å². The molecule has 1 aromatic heterocycles. The topological polar surface area (TPSA) is 135 Å². The van der Waals surface area contributed by atoms with E-state index in [9.17, 15) is 14.9 Å². The van der Waals surface area contributed by atoms with Crippen LogP contribution < -0.4 is 34.5 Å². The molecule has 39 heavy (non-hydrogen) atoms. The lowest BCUT2D eigenvalue weighted by Crippen LogP contribution is -2.45. The van der Waals surface area contributed by atoms with Crippen LogP contribution in [0.3, 0.4) is 0 Å². The first-order valence-electron chi connectivity index (χ1n) is 12.3. The van der Waals surface area contributed by atoms with Crippen LogP contribution in [-0.2, 0) is 11.3 Å². The number of nitrogens with zero attached hydrogens (tertiary/aromatic N) is 3. The summed E-state index contributed by atoms with van der Waals surface area (Å²) < 4.78 is 22.7. The minimum absolute atomic E-state index is 0.231. The van der Waals surface area contributed by atoms with Crippen molar-refractivity contribution in [3.05, 3.63) is 71.4 Å². The molecule has 200 valence electrons. The Kier molecular flexibility index (Phi) is 7.36. The van der Waals surface area contributed by atoms with E-state index in [4.69, 9.17) is 18.9 Å². The first kappa shape index (κ1) is 25.7. The van der Waals surface area contributed by atoms with Crippen LogP contribution in [-0.4, -0.2) is 62.9 Å². The van der Waals surface area contributed by atoms with Crippen LogP contribution in [0.4, 0.5) is 5.69 Å². The Balaban J connectivity index is 1.49. The van der Waals surface area contributed by atoms with Crippen LogP contribution in [0.15, 0.2) is 54.7 Å². The van der Waals surface area contributed by atoms with Gasteiger partial charge in [-0.25, -0.2) is 4.98 Å². The molecule has 4 bridgehead atoms. The van der Waals surface area contributed by atoms with Crippen molar-refractivity contribution in [1.29, 1.82) is 5.26 Å². The summed E-state index contributed by atoms with van der Waals surface area (Å²) in [6, 6.07) is 15.7. The third-order valence-corrected chi connectivity index (χ3v) is 6.61. The number of amides is 2. The van der Waals surface area contributed by atoms with E-state index in [1.165, 1.54) is 14.2 Å². The minimum atomic E-state index is -0.435. The third kappa shape index (κ3) is 5.50. The standard InChI is InChI=1S/C28H27N5O6/c1-36-23-8-5-18-11-24(23)38-16-26(34)31-13-17-3-6-19(7-4-17)39-25-15-33(14-21(25)32-27(18)35)22-9-10-30-28(37-2)20(22)12-29/h3-11,21,25H,13-16H2,1-2H3,(H,31,34)(H,32,35)/t21-,25-/m0/s1. The van der Waals surface area contributed by atoms with Crippen LogP contribution in [0.1, 0.15) is 21.5 Å². The minimum Gasteiger partial charge on any atom is -0.493 e. The van der Waals surface area contributed by atoms with E-state index in [2.05, 4.69) is 21.7 Å². The van der Waals surface area contributed by atoms with Gasteiger partial charge in [0.25, 0.3) is 11.8 Å². The van der Waals surface area contributed by atoms with Crippen molar-refractivity contribution < 1.29 is 28.5 Å². The lowest BCUT2D eigenvalue weighted by Gasteiger charge is -2.21. The van der Waals surface area contributed by atoms with Gasteiger partial charge in [0.2, 0.25) is 5.88 Å². The molecule has 0 radical (unpaired) electrons. The molecule has 1 fully saturated rings. The number of pyridine rings is 1. The molecule has 2 N–H and O–H groups in total. The number of rotatable bonds is 3. The number of carbonyl (C=O) groups is 2. The average Bonchev–Trinajstić information content (AvgIpc) is 3.35. The summed E-state index contributed by atoms with van der Waals surface area (Å²) in [7, 11) is 2.95. The van der Waals surface area contributed by atoms with Crippen molar-refractivity contribution in [2.75, 3.05) is 38.8 Å². The van der Waals surface area contributed by atoms with E-state index in [0.717, 1.165) is 5.56 Å². The van der Waals surface area contributed by atoms with Crippen LogP contribution in [0, 0.1) is 11.3 Å². The molecule has 6 rings (SSSR count). The van der Waals surface area contributed by atoms with E-state index >= 15 is 0 Å². The van der Waals surface area contributed by atoms with Gasteiger partial charge in [0.05, 0.1) is 32.5 Å². The number of fused-ring (bicyclic) bond motifs is 7. The van der Waals surface area contributed by atoms with Gasteiger partial charge < -0.3 is 34.5 Å². The molecule has 0 unspecified atom stereocenters. The summed E-state index contributed by atoms with van der Waals surface area (Å²) in [5.74, 6) is 0.863. The Labute approximate surface area is 225 Å². The molecule has 3 aliphatic heterocycles. The van der Waals surface area contributed by atoms with Gasteiger partial charge in [0.1, 0.15) is 23.5 Å². The molecule has 0 saturated carbocycles. The van der Waals surface area contributed by atoms with Crippen LogP contribution in [0.5, 0.6) is 23.1 Å². The summed E-state index contributed by atoms with van der Waals surface area (Å²) in [5, 5.41) is 15.7. The summed E-state index contributed by atoms with van der Waals surface area (Å²) in [6.45, 7) is 0.870. The van der Waals surface area contributed by atoms with Crippen LogP contribution in [0.2, 0.25) is 0 Å². The number of anilines is 1. The number of methoxy groups -OCH3 is 2. The normalized spacial score (nSPS) is 18.9. The highest BCUT2D eigenvalue weighted by molar-refractivity contribution is 5.95. The van der Waals surface area contributed by atoms with Gasteiger partial charge in [0, 0.05) is 24.8 Å². The quantitative estimate of drug-likeness (QED) is 0.523. The molecular formula is C28H27N5O6. The summed E-state index contributed by atoms with van der Waals surface area (Å²) in [6.07, 6.45) is 1.15. The number of nitriles is 1. The maximum atomic E-state index is 13.4. The molecule has 3 aromatic rings. The largest absolute Gasteiger partial charge is 0.493 e. The maximum Gasteiger partial charge on any atom is 0.258 e. The van der Waals surface area contributed by atoms with Gasteiger partial charge in [-0.3, -0.25) is 9.59 Å². The second-order valence-electron chi connectivity index (χ2n) is 9.04. The first-order valence-corrected chi connectivity index (χ1v) is 12.3. The van der Waals surface area contributed by atoms with Gasteiger partial charge in [-0.1, -0.05) is 12.1 Å². The molecule has 1 saturated heterocycles. The number of ether oxygens (including phenoxy) is 4. The lowest BCUT2D eigenvalue weighted by atomic mass is 10.1. The molecular weight excluding hydrogens is 502 g/mol. The van der Waals surface area contributed by atoms with Crippen molar-refractivity contribution in [3.8, 4) is 29.2 Å². The molecule has 4 heterocycles. The SMILES string of the molecule is COc1ccc2cc1OCC(=O)NCc1ccc(cc1)O[C@H]1CN(c3ccnc(OC)c3C#N)C[C@@H]1NC2=O. The fourth-order valence-electron chi connectivity index (χ4n) is 4.62. The van der Waals surface area contributed by atoms with Gasteiger partial charge in [0.15, 0.2) is 18.1 Å². The molecule has 2 aromatic carbocycles. The average molecular weight is 530 g/mol. The summed E-state index contributed by atoms with van der Waals surface area (Å²) in [4.78, 5) is 31.8. The van der Waals surface area contributed by atoms with Crippen molar-refractivity contribution in [2.24, 2.45) is 0 Å². The van der Waals surface area contributed by atoms with E-state index in [1.54, 1.807) is 30.5 Å². The number of hydrogen-bond donors (Lipinski definition) is 2. The number of carbonyl (C=O) groups excluding carboxylic acids is 2. The Morgan fingerprint density at radius 1 is 1.08 bits per heavy atom. The lowest BCUT2D eigenvalue weighted by molar-refractivity contribution is -0.123. The van der Waals surface area contributed by atoms with Gasteiger partial charge in [-0.15, -0.1) is 0 Å². The predicted octanol–water partition coefficient (Wildman–Crippen LogP) is 2.05. The number of benzene rings is 2. The smallest absolute Gasteiger partial charge is 0.258 e. The predicted molar refractivity (Wildman–Crippen MR) is 140 cm³/mol.